The van der Waals surface area contributed by atoms with Gasteiger partial charge in [0.15, 0.2) is 0 Å². The lowest BCUT2D eigenvalue weighted by atomic mass is 9.77. The molecule has 0 atom stereocenters. The number of aromatic nitrogens is 1. The van der Waals surface area contributed by atoms with E-state index in [0.717, 1.165) is 0 Å². The minimum atomic E-state index is -3.49. The van der Waals surface area contributed by atoms with Crippen molar-refractivity contribution in [3.63, 3.8) is 0 Å². The highest BCUT2D eigenvalue weighted by Crippen LogP contribution is 2.36. The van der Waals surface area contributed by atoms with Crippen LogP contribution >= 0.6 is 0 Å². The first-order valence-corrected chi connectivity index (χ1v) is 7.73. The van der Waals surface area contributed by atoms with Gasteiger partial charge in [0.2, 0.25) is 10.0 Å². The maximum atomic E-state index is 12.3. The molecule has 1 fully saturated rings. The van der Waals surface area contributed by atoms with Crippen LogP contribution in [0, 0.1) is 5.41 Å². The summed E-state index contributed by atoms with van der Waals surface area (Å²) < 4.78 is 25.9. The van der Waals surface area contributed by atoms with Crippen LogP contribution < -0.4 is 0 Å². The van der Waals surface area contributed by atoms with Crippen LogP contribution in [0.15, 0.2) is 23.4 Å². The van der Waals surface area contributed by atoms with Crippen LogP contribution in [0.25, 0.3) is 0 Å². The lowest BCUT2D eigenvalue weighted by molar-refractivity contribution is -0.151. The van der Waals surface area contributed by atoms with E-state index in [9.17, 15) is 18.3 Å². The first-order chi connectivity index (χ1) is 8.92. The fraction of sp³-hybridized carbons (Fsp3) is 0.583. The van der Waals surface area contributed by atoms with Crippen LogP contribution in [0.1, 0.15) is 26.2 Å². The van der Waals surface area contributed by atoms with E-state index in [2.05, 4.69) is 4.98 Å². The van der Waals surface area contributed by atoms with Gasteiger partial charge < -0.3 is 10.1 Å². The number of nitrogens with zero attached hydrogens (tertiary/aromatic N) is 1. The molecule has 0 saturated carbocycles. The van der Waals surface area contributed by atoms with Crippen LogP contribution in [-0.2, 0) is 14.8 Å². The number of hydrogen-bond donors (Lipinski definition) is 2. The third kappa shape index (κ3) is 2.40. The molecule has 0 spiro atoms. The molecule has 0 aliphatic carbocycles. The Morgan fingerprint density at radius 1 is 1.47 bits per heavy atom. The molecular formula is C12H18N2O4S. The Morgan fingerprint density at radius 2 is 2.11 bits per heavy atom. The van der Waals surface area contributed by atoms with Crippen molar-refractivity contribution in [3.05, 3.63) is 18.5 Å². The minimum Gasteiger partial charge on any atom is -0.481 e. The fourth-order valence-corrected chi connectivity index (χ4v) is 3.91. The molecule has 0 amide bonds. The number of piperidine rings is 1. The normalized spacial score (nSPS) is 20.3. The monoisotopic (exact) mass is 286 g/mol. The van der Waals surface area contributed by atoms with Crippen molar-refractivity contribution < 1.29 is 18.3 Å². The lowest BCUT2D eigenvalue weighted by Gasteiger charge is -2.37. The van der Waals surface area contributed by atoms with Gasteiger partial charge in [-0.05, 0) is 25.3 Å². The van der Waals surface area contributed by atoms with Gasteiger partial charge in [-0.1, -0.05) is 6.92 Å². The predicted octanol–water partition coefficient (Wildman–Crippen LogP) is 1.28. The molecule has 1 aromatic rings. The van der Waals surface area contributed by atoms with Gasteiger partial charge in [-0.25, -0.2) is 8.42 Å². The van der Waals surface area contributed by atoms with Crippen molar-refractivity contribution in [3.8, 4) is 0 Å². The number of aromatic amines is 1. The molecule has 2 heterocycles. The van der Waals surface area contributed by atoms with E-state index in [1.807, 2.05) is 6.92 Å². The number of carboxylic acid groups (broad SMARTS) is 1. The van der Waals surface area contributed by atoms with E-state index in [4.69, 9.17) is 0 Å². The molecule has 0 radical (unpaired) electrons. The van der Waals surface area contributed by atoms with Gasteiger partial charge in [0, 0.05) is 25.5 Å². The molecule has 19 heavy (non-hydrogen) atoms. The number of H-pyrrole nitrogens is 1. The first-order valence-electron chi connectivity index (χ1n) is 6.29. The molecule has 106 valence electrons. The molecule has 0 unspecified atom stereocenters. The third-order valence-corrected chi connectivity index (χ3v) is 5.91. The Labute approximate surface area is 112 Å². The summed E-state index contributed by atoms with van der Waals surface area (Å²) in [6.07, 6.45) is 4.25. The van der Waals surface area contributed by atoms with Crippen molar-refractivity contribution in [2.45, 2.75) is 31.1 Å². The van der Waals surface area contributed by atoms with Gasteiger partial charge in [0.1, 0.15) is 0 Å². The minimum absolute atomic E-state index is 0.229. The summed E-state index contributed by atoms with van der Waals surface area (Å²) in [7, 11) is -3.49. The zero-order valence-corrected chi connectivity index (χ0v) is 11.6. The second kappa shape index (κ2) is 4.97. The zero-order valence-electron chi connectivity index (χ0n) is 10.8. The number of sulfonamides is 1. The number of hydrogen-bond acceptors (Lipinski definition) is 3. The van der Waals surface area contributed by atoms with Crippen molar-refractivity contribution in [2.75, 3.05) is 13.1 Å². The van der Waals surface area contributed by atoms with Gasteiger partial charge in [-0.3, -0.25) is 4.79 Å². The SMILES string of the molecule is CCC1(C(=O)O)CCN(S(=O)(=O)c2cc[nH]c2)CC1. The summed E-state index contributed by atoms with van der Waals surface area (Å²) in [5.41, 5.74) is -0.774. The number of aliphatic carboxylic acids is 1. The summed E-state index contributed by atoms with van der Waals surface area (Å²) in [6.45, 7) is 2.35. The number of carboxylic acids is 1. The standard InChI is InChI=1S/C12H18N2O4S/c1-2-12(11(15)16)4-7-14(8-5-12)19(17,18)10-3-6-13-9-10/h3,6,9,13H,2,4-5,7-8H2,1H3,(H,15,16). The molecule has 1 saturated heterocycles. The summed E-state index contributed by atoms with van der Waals surface area (Å²) in [6, 6.07) is 1.51. The van der Waals surface area contributed by atoms with Crippen molar-refractivity contribution in [1.29, 1.82) is 0 Å². The molecule has 6 nitrogen and oxygen atoms in total. The predicted molar refractivity (Wildman–Crippen MR) is 69.1 cm³/mol. The van der Waals surface area contributed by atoms with E-state index in [-0.39, 0.29) is 18.0 Å². The Bertz CT molecular complexity index is 542. The molecule has 1 aromatic heterocycles. The van der Waals surface area contributed by atoms with E-state index >= 15 is 0 Å². The van der Waals surface area contributed by atoms with Gasteiger partial charge in [0.05, 0.1) is 10.3 Å². The Hall–Kier alpha value is -1.34. The summed E-state index contributed by atoms with van der Waals surface area (Å²) in [5, 5.41) is 9.29. The largest absolute Gasteiger partial charge is 0.481 e. The number of nitrogens with one attached hydrogen (secondary N) is 1. The zero-order chi connectivity index (χ0) is 14.1. The number of rotatable bonds is 4. The highest BCUT2D eigenvalue weighted by molar-refractivity contribution is 7.89. The molecular weight excluding hydrogens is 268 g/mol. The van der Waals surface area contributed by atoms with Gasteiger partial charge >= 0.3 is 5.97 Å². The van der Waals surface area contributed by atoms with E-state index < -0.39 is 21.4 Å². The van der Waals surface area contributed by atoms with Gasteiger partial charge in [-0.2, -0.15) is 4.31 Å². The first kappa shape index (κ1) is 14.1. The van der Waals surface area contributed by atoms with E-state index in [1.54, 1.807) is 6.20 Å². The second-order valence-corrected chi connectivity index (χ2v) is 6.83. The molecule has 1 aliphatic heterocycles. The fourth-order valence-electron chi connectivity index (χ4n) is 2.49. The molecule has 0 bridgehead atoms. The lowest BCUT2D eigenvalue weighted by Crippen LogP contribution is -2.46. The van der Waals surface area contributed by atoms with Crippen LogP contribution in [0.3, 0.4) is 0 Å². The van der Waals surface area contributed by atoms with E-state index in [1.165, 1.54) is 16.6 Å². The molecule has 1 aliphatic rings. The van der Waals surface area contributed by atoms with Crippen molar-refractivity contribution in [1.82, 2.24) is 9.29 Å². The Morgan fingerprint density at radius 3 is 2.53 bits per heavy atom. The quantitative estimate of drug-likeness (QED) is 0.872. The van der Waals surface area contributed by atoms with Crippen LogP contribution in [0.4, 0.5) is 0 Å². The average Bonchev–Trinajstić information content (AvgIpc) is 2.93. The summed E-state index contributed by atoms with van der Waals surface area (Å²) in [5.74, 6) is -0.825. The maximum Gasteiger partial charge on any atom is 0.309 e. The molecule has 7 heteroatoms. The number of carbonyl (C=O) groups is 1. The average molecular weight is 286 g/mol. The highest BCUT2D eigenvalue weighted by atomic mass is 32.2. The smallest absolute Gasteiger partial charge is 0.309 e. The molecule has 2 rings (SSSR count). The molecule has 2 N–H and O–H groups in total. The maximum absolute atomic E-state index is 12.3. The highest BCUT2D eigenvalue weighted by Gasteiger charge is 2.42. The second-order valence-electron chi connectivity index (χ2n) is 4.89. The van der Waals surface area contributed by atoms with Crippen LogP contribution in [0.2, 0.25) is 0 Å². The summed E-state index contributed by atoms with van der Waals surface area (Å²) in [4.78, 5) is 14.3. The topological polar surface area (TPSA) is 90.5 Å². The van der Waals surface area contributed by atoms with Crippen molar-refractivity contribution >= 4 is 16.0 Å². The van der Waals surface area contributed by atoms with Crippen LogP contribution in [-0.4, -0.2) is 41.9 Å². The third-order valence-electron chi connectivity index (χ3n) is 4.02. The Kier molecular flexibility index (Phi) is 3.69. The van der Waals surface area contributed by atoms with Gasteiger partial charge in [-0.15, -0.1) is 0 Å². The van der Waals surface area contributed by atoms with Crippen molar-refractivity contribution in [2.24, 2.45) is 5.41 Å². The molecule has 0 aromatic carbocycles. The van der Waals surface area contributed by atoms with E-state index in [0.29, 0.717) is 19.3 Å². The Balaban J connectivity index is 2.15. The summed E-state index contributed by atoms with van der Waals surface area (Å²) >= 11 is 0. The van der Waals surface area contributed by atoms with Crippen LogP contribution in [0.5, 0.6) is 0 Å². The van der Waals surface area contributed by atoms with Gasteiger partial charge in [0.25, 0.3) is 0 Å².